The third-order valence-electron chi connectivity index (χ3n) is 6.15. The van der Waals surface area contributed by atoms with Crippen LogP contribution in [0, 0.1) is 11.3 Å². The second kappa shape index (κ2) is 9.67. The van der Waals surface area contributed by atoms with Crippen LogP contribution >= 0.6 is 0 Å². The van der Waals surface area contributed by atoms with Crippen LogP contribution in [0.1, 0.15) is 44.4 Å². The second-order valence-electron chi connectivity index (χ2n) is 8.75. The lowest BCUT2D eigenvalue weighted by atomic mass is 9.95. The van der Waals surface area contributed by atoms with Gasteiger partial charge in [0.15, 0.2) is 11.5 Å². The van der Waals surface area contributed by atoms with Crippen LogP contribution in [0.25, 0.3) is 11.1 Å². The summed E-state index contributed by atoms with van der Waals surface area (Å²) in [5.74, 6) is 2.36. The Kier molecular flexibility index (Phi) is 6.70. The molecule has 2 aliphatic heterocycles. The van der Waals surface area contributed by atoms with Gasteiger partial charge in [0.25, 0.3) is 0 Å². The molecule has 8 heteroatoms. The summed E-state index contributed by atoms with van der Waals surface area (Å²) in [5, 5.41) is 9.97. The van der Waals surface area contributed by atoms with Crippen molar-refractivity contribution in [1.82, 2.24) is 9.88 Å². The molecule has 33 heavy (non-hydrogen) atoms. The summed E-state index contributed by atoms with van der Waals surface area (Å²) in [6.45, 7) is 8.73. The number of hydrogen-bond donors (Lipinski definition) is 0. The van der Waals surface area contributed by atoms with Gasteiger partial charge in [0.1, 0.15) is 11.9 Å². The molecule has 0 spiro atoms. The summed E-state index contributed by atoms with van der Waals surface area (Å²) in [5.41, 5.74) is 3.32. The van der Waals surface area contributed by atoms with E-state index in [1.165, 1.54) is 0 Å². The highest BCUT2D eigenvalue weighted by Gasteiger charge is 2.30. The van der Waals surface area contributed by atoms with E-state index in [-0.39, 0.29) is 24.7 Å². The predicted molar refractivity (Wildman–Crippen MR) is 124 cm³/mol. The Morgan fingerprint density at radius 2 is 2.06 bits per heavy atom. The first kappa shape index (κ1) is 22.9. The summed E-state index contributed by atoms with van der Waals surface area (Å²) in [6, 6.07) is 10.1. The quantitative estimate of drug-likeness (QED) is 0.665. The maximum absolute atomic E-state index is 12.5. The summed E-state index contributed by atoms with van der Waals surface area (Å²) >= 11 is 0. The van der Waals surface area contributed by atoms with E-state index < -0.39 is 0 Å². The number of hydrogen-bond acceptors (Lipinski definition) is 7. The lowest BCUT2D eigenvalue weighted by molar-refractivity contribution is -0.134. The van der Waals surface area contributed by atoms with E-state index >= 15 is 0 Å². The van der Waals surface area contributed by atoms with Crippen molar-refractivity contribution in [3.63, 3.8) is 0 Å². The maximum Gasteiger partial charge on any atom is 0.231 e. The molecule has 1 atom stereocenters. The average molecular weight is 451 g/mol. The van der Waals surface area contributed by atoms with Crippen molar-refractivity contribution in [2.75, 3.05) is 45.0 Å². The fourth-order valence-corrected chi connectivity index (χ4v) is 4.43. The highest BCUT2D eigenvalue weighted by atomic mass is 16.7. The minimum Gasteiger partial charge on any atom is -0.454 e. The fourth-order valence-electron chi connectivity index (χ4n) is 4.43. The van der Waals surface area contributed by atoms with Crippen molar-refractivity contribution in [3.05, 3.63) is 35.5 Å². The van der Waals surface area contributed by atoms with Gasteiger partial charge in [0, 0.05) is 38.3 Å². The number of aromatic nitrogens is 1. The number of nitriles is 1. The molecule has 0 aliphatic carbocycles. The zero-order valence-corrected chi connectivity index (χ0v) is 19.6. The highest BCUT2D eigenvalue weighted by molar-refractivity contribution is 5.77. The van der Waals surface area contributed by atoms with Crippen molar-refractivity contribution in [3.8, 4) is 28.7 Å². The topological polar surface area (TPSA) is 87.9 Å². The van der Waals surface area contributed by atoms with Crippen LogP contribution in [0.5, 0.6) is 11.5 Å². The molecule has 0 N–H and O–H groups in total. The van der Waals surface area contributed by atoms with Crippen LogP contribution in [0.3, 0.4) is 0 Å². The summed E-state index contributed by atoms with van der Waals surface area (Å²) < 4.78 is 16.0. The van der Waals surface area contributed by atoms with Gasteiger partial charge < -0.3 is 24.0 Å². The van der Waals surface area contributed by atoms with Gasteiger partial charge in [-0.2, -0.15) is 5.26 Å². The number of rotatable bonds is 6. The van der Waals surface area contributed by atoms with Gasteiger partial charge in [-0.1, -0.05) is 19.9 Å². The molecule has 1 aromatic carbocycles. The molecule has 1 saturated heterocycles. The number of fused-ring (bicyclic) bond motifs is 1. The maximum atomic E-state index is 12.5. The highest BCUT2D eigenvalue weighted by Crippen LogP contribution is 2.39. The summed E-state index contributed by atoms with van der Waals surface area (Å²) in [6.07, 6.45) is 0.379. The SMILES string of the molecule is COCCC(=O)N1CCN(c2nc(C(C)C)c(-c3ccc4c(c3)OCO4)cc2C#N)CC1C. The normalized spacial score (nSPS) is 17.4. The third kappa shape index (κ3) is 4.60. The van der Waals surface area contributed by atoms with Crippen LogP contribution in [-0.2, 0) is 9.53 Å². The number of anilines is 1. The number of carbonyl (C=O) groups excluding carboxylic acids is 1. The molecule has 4 rings (SSSR count). The van der Waals surface area contributed by atoms with Gasteiger partial charge >= 0.3 is 0 Å². The van der Waals surface area contributed by atoms with Gasteiger partial charge in [-0.15, -0.1) is 0 Å². The lowest BCUT2D eigenvalue weighted by Crippen LogP contribution is -2.54. The second-order valence-corrected chi connectivity index (χ2v) is 8.75. The standard InChI is InChI=1S/C25H30N4O4/c1-16(2)24-20(18-5-6-21-22(12-18)33-15-32-21)11-19(13-26)25(27-24)28-8-9-29(17(3)14-28)23(30)7-10-31-4/h5-6,11-12,16-17H,7-10,14-15H2,1-4H3. The fraction of sp³-hybridized carbons (Fsp3) is 0.480. The Morgan fingerprint density at radius 1 is 1.27 bits per heavy atom. The predicted octanol–water partition coefficient (Wildman–Crippen LogP) is 3.55. The minimum atomic E-state index is 0.0208. The number of benzene rings is 1. The third-order valence-corrected chi connectivity index (χ3v) is 6.15. The Bertz CT molecular complexity index is 1080. The van der Waals surface area contributed by atoms with Crippen molar-refractivity contribution in [2.45, 2.75) is 39.2 Å². The molecule has 2 aromatic rings. The Balaban J connectivity index is 1.64. The van der Waals surface area contributed by atoms with E-state index in [1.807, 2.05) is 36.1 Å². The number of ether oxygens (including phenoxy) is 3. The van der Waals surface area contributed by atoms with E-state index in [0.717, 1.165) is 22.6 Å². The number of piperazine rings is 1. The van der Waals surface area contributed by atoms with Gasteiger partial charge in [0.05, 0.1) is 24.3 Å². The molecular weight excluding hydrogens is 420 g/mol. The number of nitrogens with zero attached hydrogens (tertiary/aromatic N) is 4. The summed E-state index contributed by atoms with van der Waals surface area (Å²) in [7, 11) is 1.60. The first-order valence-electron chi connectivity index (χ1n) is 11.3. The molecule has 1 fully saturated rings. The molecule has 2 aliphatic rings. The first-order chi connectivity index (χ1) is 15.9. The van der Waals surface area contributed by atoms with E-state index in [0.29, 0.717) is 49.8 Å². The average Bonchev–Trinajstić information content (AvgIpc) is 3.29. The van der Waals surface area contributed by atoms with Crippen LogP contribution in [0.4, 0.5) is 5.82 Å². The van der Waals surface area contributed by atoms with Crippen molar-refractivity contribution >= 4 is 11.7 Å². The molecule has 0 radical (unpaired) electrons. The lowest BCUT2D eigenvalue weighted by Gasteiger charge is -2.41. The summed E-state index contributed by atoms with van der Waals surface area (Å²) in [4.78, 5) is 21.5. The number of carbonyl (C=O) groups is 1. The van der Waals surface area contributed by atoms with E-state index in [4.69, 9.17) is 19.2 Å². The van der Waals surface area contributed by atoms with Gasteiger partial charge in [-0.25, -0.2) is 4.98 Å². The molecule has 0 saturated carbocycles. The van der Waals surface area contributed by atoms with Crippen LogP contribution in [-0.4, -0.2) is 62.0 Å². The van der Waals surface area contributed by atoms with Crippen molar-refractivity contribution in [1.29, 1.82) is 5.26 Å². The van der Waals surface area contributed by atoms with Crippen molar-refractivity contribution < 1.29 is 19.0 Å². The minimum absolute atomic E-state index is 0.0208. The van der Waals surface area contributed by atoms with E-state index in [1.54, 1.807) is 7.11 Å². The van der Waals surface area contributed by atoms with E-state index in [9.17, 15) is 10.1 Å². The number of amides is 1. The van der Waals surface area contributed by atoms with Gasteiger partial charge in [-0.3, -0.25) is 4.79 Å². The van der Waals surface area contributed by atoms with Crippen LogP contribution < -0.4 is 14.4 Å². The molecule has 0 bridgehead atoms. The number of methoxy groups -OCH3 is 1. The molecular formula is C25H30N4O4. The molecule has 3 heterocycles. The van der Waals surface area contributed by atoms with Crippen molar-refractivity contribution in [2.24, 2.45) is 0 Å². The van der Waals surface area contributed by atoms with Gasteiger partial charge in [0.2, 0.25) is 12.7 Å². The Labute approximate surface area is 194 Å². The Morgan fingerprint density at radius 3 is 2.76 bits per heavy atom. The Hall–Kier alpha value is -3.31. The van der Waals surface area contributed by atoms with Crippen LogP contribution in [0.15, 0.2) is 24.3 Å². The van der Waals surface area contributed by atoms with E-state index in [2.05, 4.69) is 24.8 Å². The molecule has 1 amide bonds. The monoisotopic (exact) mass is 450 g/mol. The smallest absolute Gasteiger partial charge is 0.231 e. The zero-order chi connectivity index (χ0) is 23.5. The molecule has 1 unspecified atom stereocenters. The van der Waals surface area contributed by atoms with Gasteiger partial charge in [-0.05, 0) is 36.6 Å². The first-order valence-corrected chi connectivity index (χ1v) is 11.3. The largest absolute Gasteiger partial charge is 0.454 e. The molecule has 174 valence electrons. The van der Waals surface area contributed by atoms with Crippen LogP contribution in [0.2, 0.25) is 0 Å². The number of pyridine rings is 1. The zero-order valence-electron chi connectivity index (χ0n) is 19.6. The molecule has 8 nitrogen and oxygen atoms in total. The molecule has 1 aromatic heterocycles.